The van der Waals surface area contributed by atoms with Crippen LogP contribution >= 0.6 is 11.6 Å². The summed E-state index contributed by atoms with van der Waals surface area (Å²) >= 11 is 6.51. The molecule has 0 fully saturated rings. The molecule has 0 unspecified atom stereocenters. The zero-order valence-electron chi connectivity index (χ0n) is 15.6. The van der Waals surface area contributed by atoms with Crippen LogP contribution in [0.4, 0.5) is 0 Å². The minimum Gasteiger partial charge on any atom is -0.478 e. The van der Waals surface area contributed by atoms with Gasteiger partial charge in [-0.05, 0) is 48.7 Å². The van der Waals surface area contributed by atoms with Gasteiger partial charge in [0.2, 0.25) is 0 Å². The van der Waals surface area contributed by atoms with Crippen LogP contribution < -0.4 is 0 Å². The molecule has 0 aliphatic carbocycles. The van der Waals surface area contributed by atoms with Crippen molar-refractivity contribution < 1.29 is 9.90 Å². The van der Waals surface area contributed by atoms with Crippen molar-refractivity contribution >= 4 is 34.7 Å². The number of carboxylic acid groups (broad SMARTS) is 1. The van der Waals surface area contributed by atoms with Crippen molar-refractivity contribution in [3.05, 3.63) is 70.0 Å². The molecule has 1 N–H and O–H groups in total. The van der Waals surface area contributed by atoms with Gasteiger partial charge in [-0.1, -0.05) is 55.7 Å². The standard InChI is InChI=1S/C22H23ClN2O2/c1-3-4-5-6-7-16-8-9-18(19(23)12-16)14-25-15(2)24-20-11-10-17(22(26)27)13-21(20)25/h6-13H,3-5,14H2,1-2H3,(H,26,27)/b7-6+. The number of unbranched alkanes of at least 4 members (excludes halogenated alkanes) is 2. The highest BCUT2D eigenvalue weighted by molar-refractivity contribution is 6.31. The Balaban J connectivity index is 1.88. The highest BCUT2D eigenvalue weighted by Gasteiger charge is 2.12. The van der Waals surface area contributed by atoms with Crippen LogP contribution in [0, 0.1) is 6.92 Å². The van der Waals surface area contributed by atoms with Crippen LogP contribution in [0.2, 0.25) is 5.02 Å². The molecule has 0 aliphatic heterocycles. The Morgan fingerprint density at radius 1 is 1.26 bits per heavy atom. The van der Waals surface area contributed by atoms with Gasteiger partial charge >= 0.3 is 5.97 Å². The van der Waals surface area contributed by atoms with Crippen molar-refractivity contribution in [2.75, 3.05) is 0 Å². The minimum absolute atomic E-state index is 0.252. The summed E-state index contributed by atoms with van der Waals surface area (Å²) < 4.78 is 2.00. The molecule has 0 bridgehead atoms. The van der Waals surface area contributed by atoms with E-state index in [-0.39, 0.29) is 5.56 Å². The molecule has 0 aliphatic rings. The second-order valence-electron chi connectivity index (χ2n) is 6.65. The molecular formula is C22H23ClN2O2. The number of hydrogen-bond acceptors (Lipinski definition) is 2. The Hall–Kier alpha value is -2.59. The molecule has 27 heavy (non-hydrogen) atoms. The third-order valence-corrected chi connectivity index (χ3v) is 4.98. The van der Waals surface area contributed by atoms with Crippen molar-refractivity contribution in [3.63, 3.8) is 0 Å². The SMILES string of the molecule is CCCC/C=C/c1ccc(Cn2c(C)nc3ccc(C(=O)O)cc32)c(Cl)c1. The van der Waals surface area contributed by atoms with Crippen LogP contribution in [0.3, 0.4) is 0 Å². The Morgan fingerprint density at radius 3 is 2.78 bits per heavy atom. The van der Waals surface area contributed by atoms with Gasteiger partial charge in [0.1, 0.15) is 5.82 Å². The lowest BCUT2D eigenvalue weighted by atomic mass is 10.1. The molecule has 0 amide bonds. The maximum atomic E-state index is 11.3. The van der Waals surface area contributed by atoms with Gasteiger partial charge < -0.3 is 9.67 Å². The number of imidazole rings is 1. The molecule has 0 atom stereocenters. The van der Waals surface area contributed by atoms with Gasteiger partial charge in [0.05, 0.1) is 23.1 Å². The summed E-state index contributed by atoms with van der Waals surface area (Å²) in [4.78, 5) is 15.8. The van der Waals surface area contributed by atoms with Crippen molar-refractivity contribution in [2.24, 2.45) is 0 Å². The van der Waals surface area contributed by atoms with Crippen molar-refractivity contribution in [2.45, 2.75) is 39.7 Å². The second-order valence-corrected chi connectivity index (χ2v) is 7.06. The van der Waals surface area contributed by atoms with E-state index >= 15 is 0 Å². The van der Waals surface area contributed by atoms with Crippen LogP contribution in [0.5, 0.6) is 0 Å². The Kier molecular flexibility index (Phi) is 5.97. The lowest BCUT2D eigenvalue weighted by Crippen LogP contribution is -2.04. The fourth-order valence-electron chi connectivity index (χ4n) is 3.08. The molecule has 4 nitrogen and oxygen atoms in total. The first kappa shape index (κ1) is 19.2. The molecule has 0 saturated carbocycles. The minimum atomic E-state index is -0.945. The number of rotatable bonds is 7. The summed E-state index contributed by atoms with van der Waals surface area (Å²) in [5.74, 6) is -0.119. The van der Waals surface area contributed by atoms with E-state index in [1.807, 2.05) is 23.6 Å². The first-order chi connectivity index (χ1) is 13.0. The lowest BCUT2D eigenvalue weighted by molar-refractivity contribution is 0.0697. The third-order valence-electron chi connectivity index (χ3n) is 4.63. The number of aromatic nitrogens is 2. The predicted molar refractivity (Wildman–Crippen MR) is 111 cm³/mol. The molecule has 140 valence electrons. The molecule has 1 heterocycles. The first-order valence-electron chi connectivity index (χ1n) is 9.14. The van der Waals surface area contributed by atoms with E-state index < -0.39 is 5.97 Å². The summed E-state index contributed by atoms with van der Waals surface area (Å²) in [5.41, 5.74) is 3.89. The lowest BCUT2D eigenvalue weighted by Gasteiger charge is -2.10. The normalized spacial score (nSPS) is 11.5. The van der Waals surface area contributed by atoms with Crippen LogP contribution in [-0.4, -0.2) is 20.6 Å². The van der Waals surface area contributed by atoms with E-state index in [1.165, 1.54) is 12.8 Å². The fraction of sp³-hybridized carbons (Fsp3) is 0.273. The van der Waals surface area contributed by atoms with Crippen molar-refractivity contribution in [1.82, 2.24) is 9.55 Å². The molecule has 1 aromatic heterocycles. The number of allylic oxidation sites excluding steroid dienone is 1. The maximum Gasteiger partial charge on any atom is 0.335 e. The Bertz CT molecular complexity index is 1000. The van der Waals surface area contributed by atoms with Gasteiger partial charge in [0.15, 0.2) is 0 Å². The molecule has 5 heteroatoms. The molecular weight excluding hydrogens is 360 g/mol. The molecule has 0 saturated heterocycles. The average Bonchev–Trinajstić information content (AvgIpc) is 2.95. The van der Waals surface area contributed by atoms with Crippen molar-refractivity contribution in [1.29, 1.82) is 0 Å². The third kappa shape index (κ3) is 4.40. The zero-order valence-corrected chi connectivity index (χ0v) is 16.3. The monoisotopic (exact) mass is 382 g/mol. The van der Waals surface area contributed by atoms with Crippen LogP contribution in [0.15, 0.2) is 42.5 Å². The van der Waals surface area contributed by atoms with E-state index in [4.69, 9.17) is 11.6 Å². The number of aryl methyl sites for hydroxylation is 1. The number of fused-ring (bicyclic) bond motifs is 1. The summed E-state index contributed by atoms with van der Waals surface area (Å²) in [6, 6.07) is 11.0. The molecule has 0 radical (unpaired) electrons. The van der Waals surface area contributed by atoms with E-state index in [0.29, 0.717) is 11.6 Å². The number of halogens is 1. The van der Waals surface area contributed by atoms with Crippen LogP contribution in [0.25, 0.3) is 17.1 Å². The van der Waals surface area contributed by atoms with Gasteiger partial charge in [-0.15, -0.1) is 0 Å². The fourth-order valence-corrected chi connectivity index (χ4v) is 3.33. The highest BCUT2D eigenvalue weighted by atomic mass is 35.5. The van der Waals surface area contributed by atoms with Crippen LogP contribution in [0.1, 0.15) is 53.5 Å². The highest BCUT2D eigenvalue weighted by Crippen LogP contribution is 2.24. The van der Waals surface area contributed by atoms with E-state index in [2.05, 4.69) is 30.1 Å². The number of aromatic carboxylic acids is 1. The van der Waals surface area contributed by atoms with Gasteiger partial charge in [-0.25, -0.2) is 9.78 Å². The quantitative estimate of drug-likeness (QED) is 0.514. The predicted octanol–water partition coefficient (Wildman–Crippen LogP) is 5.95. The number of carbonyl (C=O) groups is 1. The summed E-state index contributed by atoms with van der Waals surface area (Å²) in [5, 5.41) is 9.95. The average molecular weight is 383 g/mol. The molecule has 3 rings (SSSR count). The Labute approximate surface area is 164 Å². The molecule has 2 aromatic carbocycles. The van der Waals surface area contributed by atoms with Gasteiger partial charge in [0.25, 0.3) is 0 Å². The maximum absolute atomic E-state index is 11.3. The number of hydrogen-bond donors (Lipinski definition) is 1. The number of carboxylic acids is 1. The Morgan fingerprint density at radius 2 is 2.07 bits per heavy atom. The topological polar surface area (TPSA) is 55.1 Å². The van der Waals surface area contributed by atoms with Crippen molar-refractivity contribution in [3.8, 4) is 0 Å². The molecule has 0 spiro atoms. The molecule has 3 aromatic rings. The van der Waals surface area contributed by atoms with Crippen LogP contribution in [-0.2, 0) is 6.54 Å². The van der Waals surface area contributed by atoms with Gasteiger partial charge in [0, 0.05) is 5.02 Å². The van der Waals surface area contributed by atoms with E-state index in [0.717, 1.165) is 34.4 Å². The largest absolute Gasteiger partial charge is 0.478 e. The first-order valence-corrected chi connectivity index (χ1v) is 9.52. The number of nitrogens with zero attached hydrogens (tertiary/aromatic N) is 2. The second kappa shape index (κ2) is 8.40. The van der Waals surface area contributed by atoms with E-state index in [9.17, 15) is 9.90 Å². The van der Waals surface area contributed by atoms with E-state index in [1.54, 1.807) is 18.2 Å². The smallest absolute Gasteiger partial charge is 0.335 e. The number of benzene rings is 2. The summed E-state index contributed by atoms with van der Waals surface area (Å²) in [6.45, 7) is 4.64. The van der Waals surface area contributed by atoms with Gasteiger partial charge in [-0.2, -0.15) is 0 Å². The van der Waals surface area contributed by atoms with Gasteiger partial charge in [-0.3, -0.25) is 0 Å². The summed E-state index contributed by atoms with van der Waals surface area (Å²) in [7, 11) is 0. The summed E-state index contributed by atoms with van der Waals surface area (Å²) in [6.07, 6.45) is 7.72. The zero-order chi connectivity index (χ0) is 19.4.